The zero-order valence-electron chi connectivity index (χ0n) is 42.7. The first-order chi connectivity index (χ1) is 35.8. The zero-order valence-corrected chi connectivity index (χ0v) is 44.7. The Morgan fingerprint density at radius 3 is 1.85 bits per heavy atom. The molecule has 0 saturated carbocycles. The smallest absolute Gasteiger partial charge is 0.0728 e. The van der Waals surface area contributed by atoms with E-state index < -0.39 is 5.41 Å². The highest BCUT2D eigenvalue weighted by Gasteiger charge is 2.53. The van der Waals surface area contributed by atoms with E-state index in [0.29, 0.717) is 0 Å². The van der Waals surface area contributed by atoms with Crippen molar-refractivity contribution in [2.45, 2.75) is 57.8 Å². The Bertz CT molecular complexity index is 3510. The largest absolute Gasteiger partial charge is 0.310 e. The Labute approximate surface area is 442 Å². The molecule has 0 N–H and O–H groups in total. The second-order valence-corrected chi connectivity index (χ2v) is 19.5. The summed E-state index contributed by atoms with van der Waals surface area (Å²) in [6, 6.07) is 77.0. The second-order valence-electron chi connectivity index (χ2n) is 18.4. The van der Waals surface area contributed by atoms with E-state index in [-0.39, 0.29) is 0 Å². The molecular formula is C70H64NPS. The predicted octanol–water partition coefficient (Wildman–Crippen LogP) is 19.1. The van der Waals surface area contributed by atoms with Gasteiger partial charge in [-0.3, -0.25) is 0 Å². The van der Waals surface area contributed by atoms with E-state index in [0.717, 1.165) is 29.1 Å². The van der Waals surface area contributed by atoms with Crippen molar-refractivity contribution in [2.75, 3.05) is 4.90 Å². The lowest BCUT2D eigenvalue weighted by Crippen LogP contribution is -2.28. The SMILES string of the molecule is C=C/C=C\C=C/CCc1cccc2c1C(C)=C(c1ccccc1P)C21c2ccccc2-c2cc(N(c3ccccc3)c3cccc(-c4ccccc4C)c3C)ccc21.CC.Sc1ccccc1-c1ccccc1. The van der Waals surface area contributed by atoms with Crippen LogP contribution in [0.1, 0.15) is 71.7 Å². The molecule has 2 unspecified atom stereocenters. The first kappa shape index (κ1) is 50.5. The lowest BCUT2D eigenvalue weighted by molar-refractivity contribution is 0.838. The molecule has 0 heterocycles. The van der Waals surface area contributed by atoms with Crippen LogP contribution in [-0.2, 0) is 11.8 Å². The summed E-state index contributed by atoms with van der Waals surface area (Å²) in [5, 5.41) is 1.21. The van der Waals surface area contributed by atoms with E-state index >= 15 is 0 Å². The van der Waals surface area contributed by atoms with Crippen LogP contribution < -0.4 is 10.2 Å². The van der Waals surface area contributed by atoms with Crippen LogP contribution in [-0.4, -0.2) is 0 Å². The minimum absolute atomic E-state index is 0.479. The van der Waals surface area contributed by atoms with E-state index in [4.69, 9.17) is 0 Å². The first-order valence-electron chi connectivity index (χ1n) is 25.5. The minimum atomic E-state index is -0.479. The number of anilines is 3. The number of allylic oxidation sites excluding steroid dienone is 7. The minimum Gasteiger partial charge on any atom is -0.310 e. The molecule has 2 aliphatic rings. The highest BCUT2D eigenvalue weighted by Crippen LogP contribution is 2.65. The van der Waals surface area contributed by atoms with E-state index in [1.165, 1.54) is 100 Å². The van der Waals surface area contributed by atoms with Crippen molar-refractivity contribution in [1.82, 2.24) is 0 Å². The van der Waals surface area contributed by atoms with Gasteiger partial charge in [-0.25, -0.2) is 0 Å². The summed E-state index contributed by atoms with van der Waals surface area (Å²) >= 11 is 4.41. The molecular weight excluding hydrogens is 918 g/mol. The lowest BCUT2D eigenvalue weighted by Gasteiger charge is -2.34. The third-order valence-electron chi connectivity index (χ3n) is 14.3. The second kappa shape index (κ2) is 22.9. The molecule has 9 aromatic carbocycles. The van der Waals surface area contributed by atoms with Crippen LogP contribution in [0.3, 0.4) is 0 Å². The molecule has 0 amide bonds. The van der Waals surface area contributed by atoms with Crippen LogP contribution in [0.25, 0.3) is 44.5 Å². The summed E-state index contributed by atoms with van der Waals surface area (Å²) in [5.41, 5.74) is 23.8. The zero-order chi connectivity index (χ0) is 50.9. The van der Waals surface area contributed by atoms with Crippen LogP contribution in [0.2, 0.25) is 0 Å². The van der Waals surface area contributed by atoms with Crippen molar-refractivity contribution < 1.29 is 0 Å². The van der Waals surface area contributed by atoms with Gasteiger partial charge in [-0.2, -0.15) is 0 Å². The summed E-state index contributed by atoms with van der Waals surface area (Å²) in [4.78, 5) is 3.47. The van der Waals surface area contributed by atoms with Gasteiger partial charge < -0.3 is 4.90 Å². The predicted molar refractivity (Wildman–Crippen MR) is 323 cm³/mol. The van der Waals surface area contributed by atoms with E-state index in [9.17, 15) is 0 Å². The van der Waals surface area contributed by atoms with Crippen LogP contribution in [0.5, 0.6) is 0 Å². The topological polar surface area (TPSA) is 3.24 Å². The highest BCUT2D eigenvalue weighted by molar-refractivity contribution is 7.80. The number of nitrogens with zero attached hydrogens (tertiary/aromatic N) is 1. The van der Waals surface area contributed by atoms with E-state index in [2.05, 4.69) is 248 Å². The van der Waals surface area contributed by atoms with Crippen molar-refractivity contribution >= 4 is 55.4 Å². The molecule has 360 valence electrons. The fourth-order valence-electron chi connectivity index (χ4n) is 11.1. The standard InChI is InChI=1S/C56H48NP.C12H10S.C2H6/c1-5-6-7-8-9-11-23-41-24-20-32-51-54(41)40(4)55(47-29-17-19-34-53(47)58)56(51)49-31-18-16-28-46(49)48-37-43(35-36-50(48)56)57(42-25-12-10-13-26-42)52-33-21-30-45(39(52)3)44-27-15-14-22-38(44)2;13-12-9-5-4-8-11(12)10-6-2-1-3-7-10;1-2/h5-10,12-22,24-37H,1,11,23,58H2,2-4H3;1-9,13H;1-2H3/b7-6-,9-8-;;. The monoisotopic (exact) mass is 981 g/mol. The third kappa shape index (κ3) is 9.67. The Morgan fingerprint density at radius 1 is 0.521 bits per heavy atom. The summed E-state index contributed by atoms with van der Waals surface area (Å²) in [6.45, 7) is 14.6. The molecule has 9 aromatic rings. The van der Waals surface area contributed by atoms with E-state index in [1.54, 1.807) is 0 Å². The maximum Gasteiger partial charge on any atom is 0.0728 e. The van der Waals surface area contributed by atoms with E-state index in [1.807, 2.05) is 62.4 Å². The molecule has 0 aliphatic heterocycles. The molecule has 3 heteroatoms. The number of hydrogen-bond donors (Lipinski definition) is 1. The molecule has 0 bridgehead atoms. The Hall–Kier alpha value is -7.48. The fraction of sp³-hybridized carbons (Fsp3) is 0.114. The Balaban J connectivity index is 0.000000376. The molecule has 2 atom stereocenters. The van der Waals surface area contributed by atoms with Crippen LogP contribution >= 0.6 is 21.9 Å². The Morgan fingerprint density at radius 2 is 1.12 bits per heavy atom. The fourth-order valence-corrected chi connectivity index (χ4v) is 11.8. The van der Waals surface area contributed by atoms with Gasteiger partial charge in [0.15, 0.2) is 0 Å². The van der Waals surface area contributed by atoms with Crippen LogP contribution in [0.4, 0.5) is 17.1 Å². The number of rotatable bonds is 11. The number of benzene rings is 9. The highest BCUT2D eigenvalue weighted by atomic mass is 32.1. The van der Waals surface area contributed by atoms with Crippen molar-refractivity contribution in [3.05, 3.63) is 294 Å². The number of thiol groups is 1. The van der Waals surface area contributed by atoms with Crippen LogP contribution in [0, 0.1) is 13.8 Å². The van der Waals surface area contributed by atoms with Crippen molar-refractivity contribution in [2.24, 2.45) is 0 Å². The average molecular weight is 982 g/mol. The molecule has 0 fully saturated rings. The van der Waals surface area contributed by atoms with Crippen LogP contribution in [0.15, 0.2) is 254 Å². The van der Waals surface area contributed by atoms with Gasteiger partial charge in [-0.15, -0.1) is 21.9 Å². The molecule has 11 rings (SSSR count). The molecule has 2 aliphatic carbocycles. The number of aryl methyl sites for hydroxylation is 2. The normalized spacial score (nSPS) is 14.0. The van der Waals surface area contributed by atoms with Crippen molar-refractivity contribution in [1.29, 1.82) is 0 Å². The maximum absolute atomic E-state index is 4.41. The number of para-hydroxylation sites is 1. The molecule has 0 radical (unpaired) electrons. The summed E-state index contributed by atoms with van der Waals surface area (Å²) in [5.74, 6) is 0. The summed E-state index contributed by atoms with van der Waals surface area (Å²) in [7, 11) is 3.05. The molecule has 0 aromatic heterocycles. The van der Waals surface area contributed by atoms with Gasteiger partial charge in [0.05, 0.1) is 5.41 Å². The summed E-state index contributed by atoms with van der Waals surface area (Å²) < 4.78 is 0. The van der Waals surface area contributed by atoms with Gasteiger partial charge in [0.25, 0.3) is 0 Å². The lowest BCUT2D eigenvalue weighted by atomic mass is 9.67. The van der Waals surface area contributed by atoms with Gasteiger partial charge in [0.2, 0.25) is 0 Å². The third-order valence-corrected chi connectivity index (χ3v) is 15.1. The molecule has 1 nitrogen and oxygen atoms in total. The van der Waals surface area contributed by atoms with Gasteiger partial charge >= 0.3 is 0 Å². The molecule has 73 heavy (non-hydrogen) atoms. The van der Waals surface area contributed by atoms with Gasteiger partial charge in [0.1, 0.15) is 0 Å². The van der Waals surface area contributed by atoms with Gasteiger partial charge in [-0.05, 0) is 164 Å². The number of fused-ring (bicyclic) bond motifs is 7. The molecule has 1 spiro atoms. The van der Waals surface area contributed by atoms with Crippen molar-refractivity contribution in [3.63, 3.8) is 0 Å². The number of hydrogen-bond acceptors (Lipinski definition) is 2. The quantitative estimate of drug-likeness (QED) is 0.0768. The molecule has 0 saturated heterocycles. The van der Waals surface area contributed by atoms with Gasteiger partial charge in [0, 0.05) is 22.0 Å². The van der Waals surface area contributed by atoms with Crippen molar-refractivity contribution in [3.8, 4) is 33.4 Å². The van der Waals surface area contributed by atoms with Gasteiger partial charge in [-0.1, -0.05) is 227 Å². The first-order valence-corrected chi connectivity index (χ1v) is 26.6. The summed E-state index contributed by atoms with van der Waals surface area (Å²) in [6.07, 6.45) is 12.2. The Kier molecular flexibility index (Phi) is 15.9. The maximum atomic E-state index is 4.41. The average Bonchev–Trinajstić information content (AvgIpc) is 3.87.